The molecule has 3 aromatic rings. The molecule has 1 N–H and O–H groups in total. The van der Waals surface area contributed by atoms with E-state index in [-0.39, 0.29) is 17.4 Å². The van der Waals surface area contributed by atoms with Crippen LogP contribution in [0.3, 0.4) is 0 Å². The number of carbonyl (C=O) groups is 2. The van der Waals surface area contributed by atoms with Crippen molar-refractivity contribution >= 4 is 23.2 Å². The maximum atomic E-state index is 13.9. The lowest BCUT2D eigenvalue weighted by atomic mass is 10.1. The van der Waals surface area contributed by atoms with Gasteiger partial charge in [-0.25, -0.2) is 4.39 Å². The summed E-state index contributed by atoms with van der Waals surface area (Å²) in [5, 5.41) is 2.91. The van der Waals surface area contributed by atoms with Crippen molar-refractivity contribution in [2.24, 2.45) is 0 Å². The molecule has 0 unspecified atom stereocenters. The van der Waals surface area contributed by atoms with Crippen molar-refractivity contribution in [3.63, 3.8) is 0 Å². The van der Waals surface area contributed by atoms with E-state index in [0.717, 1.165) is 17.9 Å². The lowest BCUT2D eigenvalue weighted by Crippen LogP contribution is -2.49. The SMILES string of the molecule is CCCOc1ccc(C(=O)Nc2ccc(N3CCN(C(=O)c4ccccc4F)CC3)cc2)cc1. The summed E-state index contributed by atoms with van der Waals surface area (Å²) in [6.07, 6.45) is 0.930. The Bertz CT molecular complexity index is 1120. The molecule has 1 fully saturated rings. The molecule has 0 saturated carbocycles. The summed E-state index contributed by atoms with van der Waals surface area (Å²) in [4.78, 5) is 29.0. The van der Waals surface area contributed by atoms with E-state index in [9.17, 15) is 14.0 Å². The summed E-state index contributed by atoms with van der Waals surface area (Å²) in [5.74, 6) is -0.206. The zero-order chi connectivity index (χ0) is 23.9. The largest absolute Gasteiger partial charge is 0.494 e. The summed E-state index contributed by atoms with van der Waals surface area (Å²) in [6, 6.07) is 20.8. The first-order valence-electron chi connectivity index (χ1n) is 11.5. The predicted molar refractivity (Wildman–Crippen MR) is 131 cm³/mol. The van der Waals surface area contributed by atoms with Gasteiger partial charge in [-0.05, 0) is 67.1 Å². The van der Waals surface area contributed by atoms with Gasteiger partial charge in [0.25, 0.3) is 11.8 Å². The van der Waals surface area contributed by atoms with Gasteiger partial charge < -0.3 is 19.9 Å². The molecule has 7 heteroatoms. The van der Waals surface area contributed by atoms with Gasteiger partial charge in [0, 0.05) is 43.1 Å². The summed E-state index contributed by atoms with van der Waals surface area (Å²) in [5.41, 5.74) is 2.38. The Morgan fingerprint density at radius 3 is 2.24 bits per heavy atom. The van der Waals surface area contributed by atoms with E-state index >= 15 is 0 Å². The van der Waals surface area contributed by atoms with Crippen LogP contribution in [0.2, 0.25) is 0 Å². The topological polar surface area (TPSA) is 61.9 Å². The van der Waals surface area contributed by atoms with Crippen molar-refractivity contribution in [3.05, 3.63) is 89.7 Å². The molecule has 0 spiro atoms. The number of ether oxygens (including phenoxy) is 1. The van der Waals surface area contributed by atoms with Gasteiger partial charge in [-0.1, -0.05) is 19.1 Å². The number of amides is 2. The zero-order valence-electron chi connectivity index (χ0n) is 19.2. The number of anilines is 2. The summed E-state index contributed by atoms with van der Waals surface area (Å²) in [7, 11) is 0. The molecule has 1 heterocycles. The molecule has 4 rings (SSSR count). The molecule has 176 valence electrons. The van der Waals surface area contributed by atoms with Crippen LogP contribution in [0.25, 0.3) is 0 Å². The van der Waals surface area contributed by atoms with Crippen LogP contribution in [0.5, 0.6) is 5.75 Å². The zero-order valence-corrected chi connectivity index (χ0v) is 19.2. The van der Waals surface area contributed by atoms with Crippen LogP contribution in [-0.2, 0) is 0 Å². The lowest BCUT2D eigenvalue weighted by molar-refractivity contribution is 0.0742. The number of hydrogen-bond acceptors (Lipinski definition) is 4. The molecule has 1 aliphatic heterocycles. The van der Waals surface area contributed by atoms with Gasteiger partial charge in [0.15, 0.2) is 0 Å². The molecule has 0 bridgehead atoms. The molecule has 0 aromatic heterocycles. The average molecular weight is 462 g/mol. The van der Waals surface area contributed by atoms with Crippen molar-refractivity contribution < 1.29 is 18.7 Å². The van der Waals surface area contributed by atoms with Crippen LogP contribution in [-0.4, -0.2) is 49.5 Å². The predicted octanol–water partition coefficient (Wildman–Crippen LogP) is 4.83. The number of hydrogen-bond donors (Lipinski definition) is 1. The molecule has 0 atom stereocenters. The molecule has 3 aromatic carbocycles. The van der Waals surface area contributed by atoms with Gasteiger partial charge in [0.05, 0.1) is 12.2 Å². The van der Waals surface area contributed by atoms with Crippen LogP contribution in [0.4, 0.5) is 15.8 Å². The first-order valence-corrected chi connectivity index (χ1v) is 11.5. The highest BCUT2D eigenvalue weighted by Crippen LogP contribution is 2.21. The highest BCUT2D eigenvalue weighted by Gasteiger charge is 2.24. The monoisotopic (exact) mass is 461 g/mol. The number of rotatable bonds is 7. The average Bonchev–Trinajstić information content (AvgIpc) is 2.88. The Hall–Kier alpha value is -3.87. The highest BCUT2D eigenvalue weighted by atomic mass is 19.1. The smallest absolute Gasteiger partial charge is 0.256 e. The molecular weight excluding hydrogens is 433 g/mol. The highest BCUT2D eigenvalue weighted by molar-refractivity contribution is 6.04. The van der Waals surface area contributed by atoms with Crippen molar-refractivity contribution in [3.8, 4) is 5.75 Å². The van der Waals surface area contributed by atoms with E-state index in [1.807, 2.05) is 31.2 Å². The van der Waals surface area contributed by atoms with E-state index in [0.29, 0.717) is 44.0 Å². The fourth-order valence-corrected chi connectivity index (χ4v) is 3.85. The molecule has 0 aliphatic carbocycles. The van der Waals surface area contributed by atoms with Crippen LogP contribution < -0.4 is 15.0 Å². The minimum absolute atomic E-state index is 0.110. The van der Waals surface area contributed by atoms with E-state index in [4.69, 9.17) is 4.74 Å². The Balaban J connectivity index is 1.30. The number of halogens is 1. The standard InChI is InChI=1S/C27H28FN3O3/c1-2-19-34-23-13-7-20(8-14-23)26(32)29-21-9-11-22(12-10-21)30-15-17-31(18-16-30)27(33)24-5-3-4-6-25(24)28/h3-14H,2,15-19H2,1H3,(H,29,32). The first kappa shape index (κ1) is 23.3. The first-order chi connectivity index (χ1) is 16.5. The van der Waals surface area contributed by atoms with Crippen molar-refractivity contribution in [1.29, 1.82) is 0 Å². The normalized spacial score (nSPS) is 13.5. The van der Waals surface area contributed by atoms with Gasteiger partial charge in [-0.2, -0.15) is 0 Å². The van der Waals surface area contributed by atoms with Gasteiger partial charge in [0.2, 0.25) is 0 Å². The van der Waals surface area contributed by atoms with E-state index in [2.05, 4.69) is 10.2 Å². The molecule has 1 saturated heterocycles. The van der Waals surface area contributed by atoms with Crippen LogP contribution in [0.15, 0.2) is 72.8 Å². The number of carbonyl (C=O) groups excluding carboxylic acids is 2. The maximum absolute atomic E-state index is 13.9. The fourth-order valence-electron chi connectivity index (χ4n) is 3.85. The Kier molecular flexibility index (Phi) is 7.42. The Morgan fingerprint density at radius 1 is 0.912 bits per heavy atom. The number of benzene rings is 3. The lowest BCUT2D eigenvalue weighted by Gasteiger charge is -2.36. The second-order valence-electron chi connectivity index (χ2n) is 8.13. The van der Waals surface area contributed by atoms with E-state index in [1.165, 1.54) is 12.1 Å². The van der Waals surface area contributed by atoms with E-state index in [1.54, 1.807) is 41.3 Å². The molecule has 0 radical (unpaired) electrons. The summed E-state index contributed by atoms with van der Waals surface area (Å²) < 4.78 is 19.5. The van der Waals surface area contributed by atoms with Crippen molar-refractivity contribution in [2.75, 3.05) is 43.0 Å². The van der Waals surface area contributed by atoms with Gasteiger partial charge in [0.1, 0.15) is 11.6 Å². The summed E-state index contributed by atoms with van der Waals surface area (Å²) >= 11 is 0. The molecule has 34 heavy (non-hydrogen) atoms. The number of nitrogens with one attached hydrogen (secondary N) is 1. The third-order valence-corrected chi connectivity index (χ3v) is 5.75. The second kappa shape index (κ2) is 10.8. The fraction of sp³-hybridized carbons (Fsp3) is 0.259. The molecule has 2 amide bonds. The second-order valence-corrected chi connectivity index (χ2v) is 8.13. The van der Waals surface area contributed by atoms with Gasteiger partial charge in [-0.15, -0.1) is 0 Å². The minimum Gasteiger partial charge on any atom is -0.494 e. The summed E-state index contributed by atoms with van der Waals surface area (Å²) in [6.45, 7) is 5.03. The van der Waals surface area contributed by atoms with Crippen molar-refractivity contribution in [2.45, 2.75) is 13.3 Å². The van der Waals surface area contributed by atoms with E-state index < -0.39 is 5.82 Å². The third-order valence-electron chi connectivity index (χ3n) is 5.75. The molecule has 6 nitrogen and oxygen atoms in total. The molecular formula is C27H28FN3O3. The molecule has 1 aliphatic rings. The maximum Gasteiger partial charge on any atom is 0.256 e. The minimum atomic E-state index is -0.492. The van der Waals surface area contributed by atoms with Gasteiger partial charge >= 0.3 is 0 Å². The Morgan fingerprint density at radius 2 is 1.59 bits per heavy atom. The number of piperazine rings is 1. The van der Waals surface area contributed by atoms with Crippen LogP contribution in [0, 0.1) is 5.82 Å². The van der Waals surface area contributed by atoms with Gasteiger partial charge in [-0.3, -0.25) is 9.59 Å². The Labute approximate surface area is 198 Å². The van der Waals surface area contributed by atoms with Crippen LogP contribution >= 0.6 is 0 Å². The van der Waals surface area contributed by atoms with Crippen molar-refractivity contribution in [1.82, 2.24) is 4.90 Å². The van der Waals surface area contributed by atoms with Crippen LogP contribution in [0.1, 0.15) is 34.1 Å². The number of nitrogens with zero attached hydrogens (tertiary/aromatic N) is 2. The quantitative estimate of drug-likeness (QED) is 0.548. The third kappa shape index (κ3) is 5.54.